The molecule has 2 aromatic carbocycles. The van der Waals surface area contributed by atoms with Crippen LogP contribution in [0.1, 0.15) is 18.4 Å². The van der Waals surface area contributed by atoms with Gasteiger partial charge in [-0.1, -0.05) is 23.7 Å². The van der Waals surface area contributed by atoms with Crippen molar-refractivity contribution in [2.45, 2.75) is 25.4 Å². The summed E-state index contributed by atoms with van der Waals surface area (Å²) >= 11 is 6.23. The average molecular weight is 306 g/mol. The molecule has 3 rings (SSSR count). The molecule has 0 unspecified atom stereocenters. The Morgan fingerprint density at radius 1 is 1.19 bits per heavy atom. The van der Waals surface area contributed by atoms with Crippen LogP contribution in [0.3, 0.4) is 0 Å². The minimum Gasteiger partial charge on any atom is -0.494 e. The lowest BCUT2D eigenvalue weighted by Crippen LogP contribution is -2.15. The van der Waals surface area contributed by atoms with Gasteiger partial charge in [0, 0.05) is 17.6 Å². The molecule has 1 N–H and O–H groups in total. The Balaban J connectivity index is 1.86. The molecule has 0 atom stereocenters. The molecule has 2 nitrogen and oxygen atoms in total. The first kappa shape index (κ1) is 14.4. The van der Waals surface area contributed by atoms with E-state index in [4.69, 9.17) is 16.3 Å². The van der Waals surface area contributed by atoms with Gasteiger partial charge in [-0.2, -0.15) is 0 Å². The third-order valence-corrected chi connectivity index (χ3v) is 4.06. The Bertz CT molecular complexity index is 655. The van der Waals surface area contributed by atoms with Gasteiger partial charge in [-0.25, -0.2) is 4.39 Å². The summed E-state index contributed by atoms with van der Waals surface area (Å²) in [6.45, 7) is 0.746. The monoisotopic (exact) mass is 305 g/mol. The highest BCUT2D eigenvalue weighted by molar-refractivity contribution is 6.31. The third-order valence-electron chi connectivity index (χ3n) is 3.69. The Labute approximate surface area is 128 Å². The van der Waals surface area contributed by atoms with Gasteiger partial charge < -0.3 is 10.1 Å². The van der Waals surface area contributed by atoms with E-state index in [0.29, 0.717) is 6.04 Å². The molecule has 1 saturated carbocycles. The molecule has 0 aromatic heterocycles. The van der Waals surface area contributed by atoms with Crippen molar-refractivity contribution >= 4 is 11.6 Å². The first-order chi connectivity index (χ1) is 10.2. The van der Waals surface area contributed by atoms with Crippen LogP contribution in [0.5, 0.6) is 5.75 Å². The maximum absolute atomic E-state index is 13.8. The number of methoxy groups -OCH3 is 1. The van der Waals surface area contributed by atoms with Crippen LogP contribution in [-0.4, -0.2) is 13.2 Å². The van der Waals surface area contributed by atoms with Crippen molar-refractivity contribution in [3.8, 4) is 16.9 Å². The van der Waals surface area contributed by atoms with E-state index in [1.165, 1.54) is 26.0 Å². The van der Waals surface area contributed by atoms with Crippen LogP contribution in [0.25, 0.3) is 11.1 Å². The Morgan fingerprint density at radius 2 is 1.90 bits per heavy atom. The highest BCUT2D eigenvalue weighted by Crippen LogP contribution is 2.29. The number of hydrogen-bond acceptors (Lipinski definition) is 2. The maximum Gasteiger partial charge on any atom is 0.165 e. The molecule has 0 heterocycles. The second kappa shape index (κ2) is 6.04. The van der Waals surface area contributed by atoms with E-state index in [9.17, 15) is 4.39 Å². The molecule has 1 aliphatic carbocycles. The highest BCUT2D eigenvalue weighted by atomic mass is 35.5. The molecular weight excluding hydrogens is 289 g/mol. The Kier molecular flexibility index (Phi) is 4.13. The van der Waals surface area contributed by atoms with Gasteiger partial charge in [0.1, 0.15) is 0 Å². The molecule has 0 bridgehead atoms. The highest BCUT2D eigenvalue weighted by Gasteiger charge is 2.20. The number of benzene rings is 2. The first-order valence-electron chi connectivity index (χ1n) is 7.03. The van der Waals surface area contributed by atoms with Crippen molar-refractivity contribution < 1.29 is 9.13 Å². The van der Waals surface area contributed by atoms with Gasteiger partial charge in [-0.3, -0.25) is 0 Å². The zero-order chi connectivity index (χ0) is 14.8. The summed E-state index contributed by atoms with van der Waals surface area (Å²) in [5, 5.41) is 4.18. The minimum absolute atomic E-state index is 0.253. The van der Waals surface area contributed by atoms with Crippen molar-refractivity contribution in [3.63, 3.8) is 0 Å². The predicted octanol–water partition coefficient (Wildman–Crippen LogP) is 4.41. The Hall–Kier alpha value is -1.58. The molecule has 21 heavy (non-hydrogen) atoms. The number of hydrogen-bond donors (Lipinski definition) is 1. The van der Waals surface area contributed by atoms with Crippen molar-refractivity contribution in [1.82, 2.24) is 5.32 Å². The lowest BCUT2D eigenvalue weighted by molar-refractivity contribution is 0.386. The van der Waals surface area contributed by atoms with Crippen LogP contribution in [0.2, 0.25) is 5.02 Å². The second-order valence-electron chi connectivity index (χ2n) is 5.31. The first-order valence-corrected chi connectivity index (χ1v) is 7.41. The molecule has 4 heteroatoms. The van der Waals surface area contributed by atoms with E-state index < -0.39 is 0 Å². The summed E-state index contributed by atoms with van der Waals surface area (Å²) in [5.74, 6) is -0.106. The molecule has 0 radical (unpaired) electrons. The van der Waals surface area contributed by atoms with Crippen molar-refractivity contribution in [2.75, 3.05) is 7.11 Å². The van der Waals surface area contributed by atoms with Crippen LogP contribution in [0, 0.1) is 5.82 Å². The SMILES string of the molecule is COc1ccc(-c2ccc(Cl)c(CNC3CC3)c2)cc1F. The molecule has 0 spiro atoms. The quantitative estimate of drug-likeness (QED) is 0.883. The van der Waals surface area contributed by atoms with E-state index in [1.54, 1.807) is 6.07 Å². The molecular formula is C17H17ClFNO. The van der Waals surface area contributed by atoms with Crippen molar-refractivity contribution in [1.29, 1.82) is 0 Å². The summed E-state index contributed by atoms with van der Waals surface area (Å²) in [7, 11) is 1.46. The largest absolute Gasteiger partial charge is 0.494 e. The number of halogens is 2. The molecule has 110 valence electrons. The number of ether oxygens (including phenoxy) is 1. The minimum atomic E-state index is -0.359. The maximum atomic E-state index is 13.8. The summed E-state index contributed by atoms with van der Waals surface area (Å²) < 4.78 is 18.8. The van der Waals surface area contributed by atoms with E-state index in [0.717, 1.165) is 28.3 Å². The van der Waals surface area contributed by atoms with Gasteiger partial charge in [-0.15, -0.1) is 0 Å². The number of nitrogens with one attached hydrogen (secondary N) is 1. The van der Waals surface area contributed by atoms with Crippen LogP contribution in [-0.2, 0) is 6.54 Å². The molecule has 0 aliphatic heterocycles. The zero-order valence-corrected chi connectivity index (χ0v) is 12.6. The lowest BCUT2D eigenvalue weighted by atomic mass is 10.0. The molecule has 1 aliphatic rings. The summed E-state index contributed by atoms with van der Waals surface area (Å²) in [5.41, 5.74) is 2.81. The van der Waals surface area contributed by atoms with Gasteiger partial charge >= 0.3 is 0 Å². The van der Waals surface area contributed by atoms with Gasteiger partial charge in [0.25, 0.3) is 0 Å². The number of rotatable bonds is 5. The Morgan fingerprint density at radius 3 is 2.57 bits per heavy atom. The van der Waals surface area contributed by atoms with Crippen LogP contribution in [0.4, 0.5) is 4.39 Å². The lowest BCUT2D eigenvalue weighted by Gasteiger charge is -2.10. The zero-order valence-electron chi connectivity index (χ0n) is 11.8. The average Bonchev–Trinajstić information content (AvgIpc) is 3.30. The summed E-state index contributed by atoms with van der Waals surface area (Å²) in [6, 6.07) is 11.4. The van der Waals surface area contributed by atoms with Gasteiger partial charge in [0.2, 0.25) is 0 Å². The van der Waals surface area contributed by atoms with E-state index >= 15 is 0 Å². The van der Waals surface area contributed by atoms with Crippen LogP contribution in [0.15, 0.2) is 36.4 Å². The summed E-state index contributed by atoms with van der Waals surface area (Å²) in [4.78, 5) is 0. The third kappa shape index (κ3) is 3.36. The van der Waals surface area contributed by atoms with Gasteiger partial charge in [0.05, 0.1) is 7.11 Å². The van der Waals surface area contributed by atoms with Crippen LogP contribution < -0.4 is 10.1 Å². The normalized spacial score (nSPS) is 14.2. The second-order valence-corrected chi connectivity index (χ2v) is 5.72. The van der Waals surface area contributed by atoms with Gasteiger partial charge in [-0.05, 0) is 53.8 Å². The summed E-state index contributed by atoms with van der Waals surface area (Å²) in [6.07, 6.45) is 2.47. The van der Waals surface area contributed by atoms with E-state index in [1.807, 2.05) is 24.3 Å². The molecule has 1 fully saturated rings. The molecule has 0 amide bonds. The smallest absolute Gasteiger partial charge is 0.165 e. The fourth-order valence-electron chi connectivity index (χ4n) is 2.28. The fourth-order valence-corrected chi connectivity index (χ4v) is 2.46. The van der Waals surface area contributed by atoms with Crippen LogP contribution >= 0.6 is 11.6 Å². The molecule has 2 aromatic rings. The predicted molar refractivity (Wildman–Crippen MR) is 83.3 cm³/mol. The van der Waals surface area contributed by atoms with Gasteiger partial charge in [0.15, 0.2) is 11.6 Å². The van der Waals surface area contributed by atoms with E-state index in [-0.39, 0.29) is 11.6 Å². The van der Waals surface area contributed by atoms with Crippen molar-refractivity contribution in [3.05, 3.63) is 52.8 Å². The topological polar surface area (TPSA) is 21.3 Å². The van der Waals surface area contributed by atoms with E-state index in [2.05, 4.69) is 5.32 Å². The standard InChI is InChI=1S/C17H17ClFNO/c1-21-17-7-3-12(9-16(17)19)11-2-6-15(18)13(8-11)10-20-14-4-5-14/h2-3,6-9,14,20H,4-5,10H2,1H3. The molecule has 0 saturated heterocycles. The van der Waals surface area contributed by atoms with Crippen molar-refractivity contribution in [2.24, 2.45) is 0 Å². The fraction of sp³-hybridized carbons (Fsp3) is 0.294.